The number of pyridine rings is 3. The molecule has 7 heteroatoms. The number of hydrogen-bond acceptors (Lipinski definition) is 7. The van der Waals surface area contributed by atoms with Crippen LogP contribution in [0.5, 0.6) is 0 Å². The van der Waals surface area contributed by atoms with E-state index in [0.717, 1.165) is 55.1 Å². The molecule has 5 aliphatic carbocycles. The normalized spacial score (nSPS) is 20.2. The molecular formula is C73H113N7. The standard InChI is InChI=1S/C15H24N2.2C15H23N.C14H22N2.C14H21N/c1-14(2,3)11-7-8-12-10(11)9-16-13(17-12)15(4,5)6;1-10(2)13-8-6-11-12(15(3,4)5)7-9-14(11)16-13;1-10(2)12-8-11-6-7-13(15(3,4)5)14(11)16-9-12;1-9(2)13-15-8-10-6-11(14(3,4)5)7-12(10)16-13;1-9(2)12-6-5-11-7-14(10(3)4)15-8-13(11)12/h9,11H,7-8H2,1-6H3;6,8,10,12H,7,9H2,1-5H3;8-10,13H,6-7H2,1-5H3;8-9,11H,6-7H2,1-5H3;7-10,12H,5-6H2,1-4H3. The van der Waals surface area contributed by atoms with Crippen molar-refractivity contribution in [3.63, 3.8) is 0 Å². The van der Waals surface area contributed by atoms with Gasteiger partial charge in [0.05, 0.1) is 0 Å². The highest BCUT2D eigenvalue weighted by atomic mass is 14.9. The molecular weight excluding hydrogens is 975 g/mol. The quantitative estimate of drug-likeness (QED) is 0.173. The Labute approximate surface area is 489 Å². The first-order valence-electron chi connectivity index (χ1n) is 31.6. The highest BCUT2D eigenvalue weighted by molar-refractivity contribution is 5.37. The van der Waals surface area contributed by atoms with Gasteiger partial charge in [-0.1, -0.05) is 185 Å². The average molecular weight is 1090 g/mol. The van der Waals surface area contributed by atoms with Gasteiger partial charge in [-0.25, -0.2) is 19.9 Å². The maximum absolute atomic E-state index is 4.82. The van der Waals surface area contributed by atoms with Gasteiger partial charge in [0, 0.05) is 76.2 Å². The molecule has 0 amide bonds. The molecule has 0 saturated carbocycles. The molecule has 7 nitrogen and oxygen atoms in total. The van der Waals surface area contributed by atoms with Gasteiger partial charge in [0.1, 0.15) is 11.6 Å². The monoisotopic (exact) mass is 1090 g/mol. The Balaban J connectivity index is 0.000000161. The maximum atomic E-state index is 4.82. The lowest BCUT2D eigenvalue weighted by Gasteiger charge is -2.27. The lowest BCUT2D eigenvalue weighted by Crippen LogP contribution is -2.20. The minimum atomic E-state index is 0.0504. The molecule has 0 aliphatic heterocycles. The van der Waals surface area contributed by atoms with Crippen LogP contribution in [0.25, 0.3) is 0 Å². The summed E-state index contributed by atoms with van der Waals surface area (Å²) in [5, 5.41) is 0. The van der Waals surface area contributed by atoms with Crippen molar-refractivity contribution in [2.24, 2.45) is 33.5 Å². The van der Waals surface area contributed by atoms with E-state index in [4.69, 9.17) is 19.9 Å². The average Bonchev–Trinajstić information content (AvgIpc) is 4.32. The molecule has 0 N–H and O–H groups in total. The van der Waals surface area contributed by atoms with E-state index in [9.17, 15) is 0 Å². The molecule has 0 fully saturated rings. The van der Waals surface area contributed by atoms with Crippen LogP contribution in [0.2, 0.25) is 0 Å². The second-order valence-electron chi connectivity index (χ2n) is 31.8. The largest absolute Gasteiger partial charge is 0.261 e. The van der Waals surface area contributed by atoms with Crippen LogP contribution < -0.4 is 0 Å². The van der Waals surface area contributed by atoms with Gasteiger partial charge in [-0.05, 0) is 184 Å². The van der Waals surface area contributed by atoms with E-state index in [0.29, 0.717) is 63.1 Å². The predicted molar refractivity (Wildman–Crippen MR) is 340 cm³/mol. The Morgan fingerprint density at radius 3 is 1.51 bits per heavy atom. The van der Waals surface area contributed by atoms with Crippen LogP contribution >= 0.6 is 0 Å². The van der Waals surface area contributed by atoms with Gasteiger partial charge in [-0.3, -0.25) is 15.0 Å². The zero-order chi connectivity index (χ0) is 59.6. The fourth-order valence-corrected chi connectivity index (χ4v) is 12.8. The van der Waals surface area contributed by atoms with Crippen LogP contribution in [0.3, 0.4) is 0 Å². The number of aromatic nitrogens is 7. The molecule has 80 heavy (non-hydrogen) atoms. The minimum absolute atomic E-state index is 0.0504. The van der Waals surface area contributed by atoms with Crippen LogP contribution in [-0.2, 0) is 43.9 Å². The minimum Gasteiger partial charge on any atom is -0.261 e. The van der Waals surface area contributed by atoms with Crippen molar-refractivity contribution < 1.29 is 0 Å². The van der Waals surface area contributed by atoms with Crippen LogP contribution in [0.1, 0.15) is 331 Å². The van der Waals surface area contributed by atoms with Crippen molar-refractivity contribution in [1.29, 1.82) is 0 Å². The molecule has 5 aromatic heterocycles. The van der Waals surface area contributed by atoms with Gasteiger partial charge < -0.3 is 0 Å². The molecule has 440 valence electrons. The van der Waals surface area contributed by atoms with E-state index in [2.05, 4.69) is 231 Å². The number of hydrogen-bond donors (Lipinski definition) is 0. The lowest BCUT2D eigenvalue weighted by molar-refractivity contribution is 0.250. The molecule has 5 unspecified atom stereocenters. The molecule has 5 heterocycles. The van der Waals surface area contributed by atoms with Gasteiger partial charge >= 0.3 is 0 Å². The first-order valence-corrected chi connectivity index (χ1v) is 31.6. The molecule has 10 rings (SSSR count). The van der Waals surface area contributed by atoms with Crippen molar-refractivity contribution in [2.75, 3.05) is 0 Å². The third kappa shape index (κ3) is 16.2. The van der Waals surface area contributed by atoms with E-state index in [1.165, 1.54) is 106 Å². The van der Waals surface area contributed by atoms with Crippen molar-refractivity contribution in [3.8, 4) is 0 Å². The van der Waals surface area contributed by atoms with Crippen LogP contribution in [0.15, 0.2) is 49.1 Å². The lowest BCUT2D eigenvalue weighted by atomic mass is 9.77. The third-order valence-corrected chi connectivity index (χ3v) is 18.3. The van der Waals surface area contributed by atoms with Gasteiger partial charge in [-0.15, -0.1) is 0 Å². The van der Waals surface area contributed by atoms with Crippen molar-refractivity contribution in [3.05, 3.63) is 134 Å². The topological polar surface area (TPSA) is 90.2 Å². The van der Waals surface area contributed by atoms with E-state index in [1.54, 1.807) is 5.56 Å². The Morgan fingerprint density at radius 1 is 0.412 bits per heavy atom. The van der Waals surface area contributed by atoms with Gasteiger partial charge in [0.15, 0.2) is 0 Å². The summed E-state index contributed by atoms with van der Waals surface area (Å²) in [6, 6.07) is 9.23. The number of aryl methyl sites for hydroxylation is 4. The molecule has 0 saturated heterocycles. The van der Waals surface area contributed by atoms with Crippen LogP contribution in [-0.4, -0.2) is 34.9 Å². The Bertz CT molecular complexity index is 2750. The first-order chi connectivity index (χ1) is 36.9. The number of rotatable bonds is 5. The van der Waals surface area contributed by atoms with Crippen molar-refractivity contribution >= 4 is 0 Å². The SMILES string of the molecule is CC(C)(C)c1ncc2c(n1)CCC2C(C)(C)C.CC(C)c1cc2c(cn1)C(C(C)C)CC2.CC(C)c1ccc2c(n1)CCC2C(C)(C)C.CC(C)c1cnc2c(c1)CCC2C(C)(C)C.CC(C)c1ncc2c(n1)CC(C(C)(C)C)C2. The van der Waals surface area contributed by atoms with Gasteiger partial charge in [0.25, 0.3) is 0 Å². The summed E-state index contributed by atoms with van der Waals surface area (Å²) in [4.78, 5) is 32.6. The molecule has 0 aromatic carbocycles. The summed E-state index contributed by atoms with van der Waals surface area (Å²) in [6.45, 7) is 56.6. The predicted octanol–water partition coefficient (Wildman–Crippen LogP) is 19.7. The summed E-state index contributed by atoms with van der Waals surface area (Å²) >= 11 is 0. The fraction of sp³-hybridized carbons (Fsp3) is 0.685. The molecule has 0 radical (unpaired) electrons. The Morgan fingerprint density at radius 2 is 0.975 bits per heavy atom. The highest BCUT2D eigenvalue weighted by Gasteiger charge is 2.37. The summed E-state index contributed by atoms with van der Waals surface area (Å²) < 4.78 is 0. The Hall–Kier alpha value is -4.39. The number of fused-ring (bicyclic) bond motifs is 5. The zero-order valence-electron chi connectivity index (χ0n) is 55.6. The van der Waals surface area contributed by atoms with E-state index >= 15 is 0 Å². The van der Waals surface area contributed by atoms with Gasteiger partial charge in [-0.2, -0.15) is 0 Å². The Kier molecular flexibility index (Phi) is 20.7. The summed E-state index contributed by atoms with van der Waals surface area (Å²) in [6.07, 6.45) is 20.4. The molecule has 0 bridgehead atoms. The summed E-state index contributed by atoms with van der Waals surface area (Å²) in [5.74, 6) is 8.24. The van der Waals surface area contributed by atoms with Crippen molar-refractivity contribution in [1.82, 2.24) is 34.9 Å². The molecule has 0 spiro atoms. The van der Waals surface area contributed by atoms with E-state index in [-0.39, 0.29) is 5.41 Å². The zero-order valence-corrected chi connectivity index (χ0v) is 55.6. The van der Waals surface area contributed by atoms with E-state index in [1.807, 2.05) is 6.20 Å². The maximum Gasteiger partial charge on any atom is 0.133 e. The van der Waals surface area contributed by atoms with Crippen LogP contribution in [0.4, 0.5) is 0 Å². The molecule has 5 aliphatic rings. The van der Waals surface area contributed by atoms with E-state index < -0.39 is 0 Å². The molecule has 5 aromatic rings. The fourth-order valence-electron chi connectivity index (χ4n) is 12.8. The summed E-state index contributed by atoms with van der Waals surface area (Å²) in [7, 11) is 0. The summed E-state index contributed by atoms with van der Waals surface area (Å²) in [5.41, 5.74) is 19.4. The smallest absolute Gasteiger partial charge is 0.133 e. The number of nitrogens with zero attached hydrogens (tertiary/aromatic N) is 7. The molecule has 5 atom stereocenters. The van der Waals surface area contributed by atoms with Gasteiger partial charge in [0.2, 0.25) is 0 Å². The highest BCUT2D eigenvalue weighted by Crippen LogP contribution is 2.47. The van der Waals surface area contributed by atoms with Crippen molar-refractivity contribution in [2.45, 2.75) is 290 Å². The third-order valence-electron chi connectivity index (χ3n) is 18.3. The van der Waals surface area contributed by atoms with Crippen LogP contribution in [0, 0.1) is 33.5 Å². The second kappa shape index (κ2) is 25.6. The second-order valence-corrected chi connectivity index (χ2v) is 31.8. The first kappa shape index (κ1) is 64.8.